The maximum absolute atomic E-state index is 15.1. The third-order valence-electron chi connectivity index (χ3n) is 9.88. The van der Waals surface area contributed by atoms with Crippen LogP contribution in [0.3, 0.4) is 0 Å². The van der Waals surface area contributed by atoms with Crippen molar-refractivity contribution in [1.29, 1.82) is 0 Å². The summed E-state index contributed by atoms with van der Waals surface area (Å²) in [5.74, 6) is -2.44. The van der Waals surface area contributed by atoms with Crippen molar-refractivity contribution in [1.82, 2.24) is 9.80 Å². The first-order chi connectivity index (χ1) is 20.6. The summed E-state index contributed by atoms with van der Waals surface area (Å²) in [6, 6.07) is 13.3. The van der Waals surface area contributed by atoms with Crippen molar-refractivity contribution >= 4 is 23.4 Å². The van der Waals surface area contributed by atoms with Crippen molar-refractivity contribution in [2.45, 2.75) is 63.3 Å². The first-order valence-electron chi connectivity index (χ1n) is 15.1. The predicted molar refractivity (Wildman–Crippen MR) is 166 cm³/mol. The fourth-order valence-electron chi connectivity index (χ4n) is 8.00. The Hall–Kier alpha value is -3.75. The van der Waals surface area contributed by atoms with Gasteiger partial charge in [0.05, 0.1) is 30.1 Å². The molecule has 6 atom stereocenters. The molecule has 3 aliphatic heterocycles. The van der Waals surface area contributed by atoms with Crippen LogP contribution < -0.4 is 4.90 Å². The van der Waals surface area contributed by atoms with Gasteiger partial charge in [-0.1, -0.05) is 67.6 Å². The molecule has 8 nitrogen and oxygen atoms in total. The van der Waals surface area contributed by atoms with Crippen LogP contribution in [0.1, 0.15) is 48.9 Å². The van der Waals surface area contributed by atoms with Crippen molar-refractivity contribution in [3.8, 4) is 0 Å². The van der Waals surface area contributed by atoms with Crippen LogP contribution in [0.5, 0.6) is 0 Å². The summed E-state index contributed by atoms with van der Waals surface area (Å²) >= 11 is 0. The van der Waals surface area contributed by atoms with Crippen LogP contribution in [0.15, 0.2) is 73.8 Å². The fraction of sp³-hybridized carbons (Fsp3) is 0.457. The molecule has 228 valence electrons. The van der Waals surface area contributed by atoms with E-state index in [-0.39, 0.29) is 30.9 Å². The Morgan fingerprint density at radius 3 is 2.28 bits per heavy atom. The number of benzene rings is 2. The van der Waals surface area contributed by atoms with Gasteiger partial charge in [-0.05, 0) is 49.8 Å². The first kappa shape index (κ1) is 30.7. The topological polar surface area (TPSA) is 90.4 Å². The zero-order valence-corrected chi connectivity index (χ0v) is 25.7. The Morgan fingerprint density at radius 2 is 1.70 bits per heavy atom. The maximum Gasteiger partial charge on any atom is 0.253 e. The molecule has 0 saturated carbocycles. The molecular formula is C35H43N3O5. The minimum atomic E-state index is -1.22. The molecule has 0 aliphatic carbocycles. The molecule has 2 bridgehead atoms. The number of likely N-dealkylation sites (tertiary alicyclic amines) is 1. The van der Waals surface area contributed by atoms with Gasteiger partial charge in [0.2, 0.25) is 11.8 Å². The highest BCUT2D eigenvalue weighted by Crippen LogP contribution is 2.65. The van der Waals surface area contributed by atoms with Crippen molar-refractivity contribution < 1.29 is 24.2 Å². The Morgan fingerprint density at radius 1 is 1.05 bits per heavy atom. The third-order valence-corrected chi connectivity index (χ3v) is 9.88. The van der Waals surface area contributed by atoms with Crippen LogP contribution in [-0.2, 0) is 19.1 Å². The van der Waals surface area contributed by atoms with Gasteiger partial charge in [0, 0.05) is 25.8 Å². The van der Waals surface area contributed by atoms with Crippen molar-refractivity contribution in [2.75, 3.05) is 31.6 Å². The normalized spacial score (nSPS) is 28.0. The van der Waals surface area contributed by atoms with E-state index >= 15 is 4.79 Å². The number of rotatable bonds is 11. The lowest BCUT2D eigenvalue weighted by atomic mass is 9.64. The molecule has 0 aromatic heterocycles. The van der Waals surface area contributed by atoms with E-state index in [9.17, 15) is 14.7 Å². The van der Waals surface area contributed by atoms with E-state index in [1.807, 2.05) is 69.3 Å². The number of aliphatic hydroxyl groups excluding tert-OH is 1. The summed E-state index contributed by atoms with van der Waals surface area (Å²) in [5, 5.41) is 10.8. The molecule has 2 aromatic carbocycles. The van der Waals surface area contributed by atoms with Gasteiger partial charge in [-0.15, -0.1) is 13.2 Å². The Kier molecular flexibility index (Phi) is 8.38. The monoisotopic (exact) mass is 585 g/mol. The average molecular weight is 586 g/mol. The highest BCUT2D eigenvalue weighted by atomic mass is 16.5. The van der Waals surface area contributed by atoms with Crippen molar-refractivity contribution in [3.05, 3.63) is 90.5 Å². The van der Waals surface area contributed by atoms with E-state index in [2.05, 4.69) is 13.2 Å². The molecule has 8 heteroatoms. The van der Waals surface area contributed by atoms with Gasteiger partial charge in [-0.2, -0.15) is 0 Å². The number of aryl methyl sites for hydroxylation is 2. The molecule has 2 unspecified atom stereocenters. The molecule has 2 aromatic rings. The van der Waals surface area contributed by atoms with Gasteiger partial charge >= 0.3 is 0 Å². The van der Waals surface area contributed by atoms with Crippen LogP contribution in [0, 0.1) is 25.7 Å². The number of para-hydroxylation sites is 1. The fourth-order valence-corrected chi connectivity index (χ4v) is 8.00. The highest BCUT2D eigenvalue weighted by Gasteiger charge is 2.79. The number of nitrogens with zero attached hydrogens (tertiary/aromatic N) is 3. The highest BCUT2D eigenvalue weighted by molar-refractivity contribution is 6.06. The predicted octanol–water partition coefficient (Wildman–Crippen LogP) is 4.36. The Labute approximate surface area is 254 Å². The summed E-state index contributed by atoms with van der Waals surface area (Å²) in [6.07, 6.45) is 4.89. The lowest BCUT2D eigenvalue weighted by Gasteiger charge is -2.40. The van der Waals surface area contributed by atoms with Crippen molar-refractivity contribution in [3.63, 3.8) is 0 Å². The number of fused-ring (bicyclic) bond motifs is 1. The number of amides is 3. The number of ether oxygens (including phenoxy) is 1. The number of carbonyl (C=O) groups excluding carboxylic acids is 3. The van der Waals surface area contributed by atoms with Gasteiger partial charge in [0.1, 0.15) is 11.6 Å². The van der Waals surface area contributed by atoms with Crippen LogP contribution in [0.25, 0.3) is 0 Å². The molecule has 5 rings (SSSR count). The second kappa shape index (κ2) is 11.7. The maximum atomic E-state index is 15.1. The van der Waals surface area contributed by atoms with E-state index in [1.165, 1.54) is 4.90 Å². The summed E-state index contributed by atoms with van der Waals surface area (Å²) < 4.78 is 6.98. The van der Waals surface area contributed by atoms with Crippen LogP contribution in [0.2, 0.25) is 0 Å². The number of anilines is 1. The SMILES string of the molecule is C=CCN(C)C(=O)[C@@H]1[C@H]2C(=O)N([C@H](CO)c3ccccc3)C(C(=O)N(CC=C)c3c(C)cccc3C)C23CC[C@@]1(CC)O3. The zero-order chi connectivity index (χ0) is 31.1. The molecule has 3 amide bonds. The number of hydrogen-bond acceptors (Lipinski definition) is 5. The largest absolute Gasteiger partial charge is 0.394 e. The smallest absolute Gasteiger partial charge is 0.253 e. The lowest BCUT2D eigenvalue weighted by molar-refractivity contribution is -0.153. The molecule has 1 spiro atoms. The molecule has 3 heterocycles. The van der Waals surface area contributed by atoms with Crippen LogP contribution in [-0.4, -0.2) is 76.6 Å². The zero-order valence-electron chi connectivity index (χ0n) is 25.7. The molecule has 43 heavy (non-hydrogen) atoms. The summed E-state index contributed by atoms with van der Waals surface area (Å²) in [6.45, 7) is 13.8. The van der Waals surface area contributed by atoms with Crippen molar-refractivity contribution in [2.24, 2.45) is 11.8 Å². The minimum absolute atomic E-state index is 0.187. The second-order valence-corrected chi connectivity index (χ2v) is 12.2. The average Bonchev–Trinajstić information content (AvgIpc) is 3.61. The van der Waals surface area contributed by atoms with Gasteiger partial charge in [0.15, 0.2) is 0 Å². The number of hydrogen-bond donors (Lipinski definition) is 1. The van der Waals surface area contributed by atoms with Gasteiger partial charge in [-0.3, -0.25) is 14.4 Å². The van der Waals surface area contributed by atoms with Gasteiger partial charge < -0.3 is 24.5 Å². The molecular weight excluding hydrogens is 542 g/mol. The Balaban J connectivity index is 1.71. The van der Waals surface area contributed by atoms with Crippen LogP contribution in [0.4, 0.5) is 5.69 Å². The first-order valence-corrected chi connectivity index (χ1v) is 15.1. The van der Waals surface area contributed by atoms with E-state index in [0.717, 1.165) is 16.8 Å². The van der Waals surface area contributed by atoms with E-state index in [4.69, 9.17) is 4.74 Å². The third kappa shape index (κ3) is 4.62. The standard InChI is InChI=1S/C35H43N3O5/c1-7-20-36(6)31(40)27-28-32(41)38(26(22-39)25-16-11-10-12-17-25)30(35(28)19-18-34(27,9-3)43-35)33(42)37(21-8-2)29-23(4)14-13-15-24(29)5/h7-8,10-17,26-28,30,39H,1-2,9,18-22H2,3-6H3/t26-,27+,28+,30?,34-,35?/m1/s1. The number of aliphatic hydroxyl groups is 1. The molecule has 3 saturated heterocycles. The lowest BCUT2D eigenvalue weighted by Crippen LogP contribution is -2.57. The number of carbonyl (C=O) groups is 3. The molecule has 3 aliphatic rings. The van der Waals surface area contributed by atoms with E-state index < -0.39 is 35.1 Å². The van der Waals surface area contributed by atoms with E-state index in [1.54, 1.807) is 29.0 Å². The Bertz CT molecular complexity index is 1410. The van der Waals surface area contributed by atoms with Crippen LogP contribution >= 0.6 is 0 Å². The van der Waals surface area contributed by atoms with Gasteiger partial charge in [-0.25, -0.2) is 0 Å². The molecule has 1 N–H and O–H groups in total. The quantitative estimate of drug-likeness (QED) is 0.396. The van der Waals surface area contributed by atoms with Gasteiger partial charge in [0.25, 0.3) is 5.91 Å². The molecule has 3 fully saturated rings. The number of likely N-dealkylation sites (N-methyl/N-ethyl adjacent to an activating group) is 1. The minimum Gasteiger partial charge on any atom is -0.394 e. The van der Waals surface area contributed by atoms with E-state index in [0.29, 0.717) is 31.4 Å². The summed E-state index contributed by atoms with van der Waals surface area (Å²) in [7, 11) is 1.71. The summed E-state index contributed by atoms with van der Waals surface area (Å²) in [5.41, 5.74) is 1.22. The molecule has 0 radical (unpaired) electrons. The second-order valence-electron chi connectivity index (χ2n) is 12.2. The summed E-state index contributed by atoms with van der Waals surface area (Å²) in [4.78, 5) is 48.8.